The molecule has 0 saturated carbocycles. The van der Waals surface area contributed by atoms with Gasteiger partial charge in [-0.1, -0.05) is 0 Å². The third kappa shape index (κ3) is 5.92. The first kappa shape index (κ1) is 15.8. The van der Waals surface area contributed by atoms with E-state index in [0.717, 1.165) is 0 Å². The highest BCUT2D eigenvalue weighted by atomic mass is 16.6. The van der Waals surface area contributed by atoms with E-state index in [0.29, 0.717) is 26.1 Å². The number of amides is 1. The zero-order valence-corrected chi connectivity index (χ0v) is 11.8. The first-order chi connectivity index (χ1) is 8.79. The van der Waals surface area contributed by atoms with E-state index in [1.807, 2.05) is 0 Å². The van der Waals surface area contributed by atoms with Gasteiger partial charge in [-0.15, -0.1) is 0 Å². The van der Waals surface area contributed by atoms with E-state index in [1.165, 1.54) is 0 Å². The molecule has 1 rings (SSSR count). The lowest BCUT2D eigenvalue weighted by molar-refractivity contribution is -0.144. The van der Waals surface area contributed by atoms with Crippen molar-refractivity contribution in [3.05, 3.63) is 0 Å². The molecule has 1 fully saturated rings. The van der Waals surface area contributed by atoms with Gasteiger partial charge in [0.2, 0.25) is 0 Å². The van der Waals surface area contributed by atoms with E-state index < -0.39 is 23.6 Å². The van der Waals surface area contributed by atoms with Gasteiger partial charge < -0.3 is 19.9 Å². The Hall–Kier alpha value is -1.30. The van der Waals surface area contributed by atoms with Crippen molar-refractivity contribution in [2.75, 3.05) is 19.8 Å². The van der Waals surface area contributed by atoms with Crippen LogP contribution in [0.15, 0.2) is 0 Å². The molecule has 2 N–H and O–H groups in total. The summed E-state index contributed by atoms with van der Waals surface area (Å²) in [5, 5.41) is 11.8. The maximum absolute atomic E-state index is 11.5. The smallest absolute Gasteiger partial charge is 0.407 e. The number of aliphatic carboxylic acids is 1. The molecule has 0 bridgehead atoms. The van der Waals surface area contributed by atoms with E-state index in [1.54, 1.807) is 20.8 Å². The number of alkyl carbamates (subject to hydrolysis) is 1. The summed E-state index contributed by atoms with van der Waals surface area (Å²) in [5.74, 6) is -1.43. The standard InChI is InChI=1S/C13H23NO5/c1-13(2,3)19-12(17)14-8-10(11(15)16)9-4-6-18-7-5-9/h9-10H,4-8H2,1-3H3,(H,14,17)(H,15,16). The van der Waals surface area contributed by atoms with Crippen molar-refractivity contribution in [2.45, 2.75) is 39.2 Å². The van der Waals surface area contributed by atoms with Gasteiger partial charge in [0.1, 0.15) is 5.60 Å². The second-order valence-corrected chi connectivity index (χ2v) is 5.78. The van der Waals surface area contributed by atoms with Gasteiger partial charge in [0.25, 0.3) is 0 Å². The summed E-state index contributed by atoms with van der Waals surface area (Å²) in [7, 11) is 0. The second-order valence-electron chi connectivity index (χ2n) is 5.78. The molecule has 1 amide bonds. The summed E-state index contributed by atoms with van der Waals surface area (Å²) in [5.41, 5.74) is -0.582. The maximum Gasteiger partial charge on any atom is 0.407 e. The average molecular weight is 273 g/mol. The Morgan fingerprint density at radius 3 is 2.42 bits per heavy atom. The van der Waals surface area contributed by atoms with Crippen LogP contribution in [0.5, 0.6) is 0 Å². The van der Waals surface area contributed by atoms with Crippen LogP contribution in [0.3, 0.4) is 0 Å². The van der Waals surface area contributed by atoms with Gasteiger partial charge in [-0.3, -0.25) is 4.79 Å². The highest BCUT2D eigenvalue weighted by Crippen LogP contribution is 2.23. The summed E-state index contributed by atoms with van der Waals surface area (Å²) >= 11 is 0. The number of carbonyl (C=O) groups is 2. The topological polar surface area (TPSA) is 84.9 Å². The highest BCUT2D eigenvalue weighted by Gasteiger charge is 2.30. The predicted molar refractivity (Wildman–Crippen MR) is 68.9 cm³/mol. The van der Waals surface area contributed by atoms with Crippen LogP contribution in [-0.4, -0.2) is 42.5 Å². The third-order valence-corrected chi connectivity index (χ3v) is 3.02. The average Bonchev–Trinajstić information content (AvgIpc) is 2.27. The van der Waals surface area contributed by atoms with E-state index >= 15 is 0 Å². The Bertz CT molecular complexity index is 317. The summed E-state index contributed by atoms with van der Waals surface area (Å²) in [6.45, 7) is 6.55. The van der Waals surface area contributed by atoms with Crippen LogP contribution in [0.25, 0.3) is 0 Å². The molecule has 6 nitrogen and oxygen atoms in total. The van der Waals surface area contributed by atoms with Crippen molar-refractivity contribution in [1.29, 1.82) is 0 Å². The van der Waals surface area contributed by atoms with E-state index in [9.17, 15) is 14.7 Å². The lowest BCUT2D eigenvalue weighted by atomic mass is 9.86. The van der Waals surface area contributed by atoms with Gasteiger partial charge in [0.05, 0.1) is 5.92 Å². The lowest BCUT2D eigenvalue weighted by Crippen LogP contribution is -2.41. The van der Waals surface area contributed by atoms with Gasteiger partial charge in [-0.25, -0.2) is 4.79 Å². The van der Waals surface area contributed by atoms with Gasteiger partial charge in [-0.05, 0) is 39.5 Å². The zero-order chi connectivity index (χ0) is 14.5. The van der Waals surface area contributed by atoms with Crippen LogP contribution in [0.2, 0.25) is 0 Å². The van der Waals surface area contributed by atoms with Crippen LogP contribution in [0.1, 0.15) is 33.6 Å². The minimum absolute atomic E-state index is 0.0428. The molecule has 1 aliphatic rings. The van der Waals surface area contributed by atoms with Gasteiger partial charge in [0, 0.05) is 19.8 Å². The summed E-state index contributed by atoms with van der Waals surface area (Å²) in [6.07, 6.45) is 0.853. The molecule has 1 saturated heterocycles. The van der Waals surface area contributed by atoms with Gasteiger partial charge >= 0.3 is 12.1 Å². The molecule has 1 unspecified atom stereocenters. The van der Waals surface area contributed by atoms with Crippen molar-refractivity contribution in [3.8, 4) is 0 Å². The van der Waals surface area contributed by atoms with E-state index in [2.05, 4.69) is 5.32 Å². The van der Waals surface area contributed by atoms with Crippen LogP contribution < -0.4 is 5.32 Å². The Kier molecular flexibility index (Phi) is 5.60. The number of carbonyl (C=O) groups excluding carboxylic acids is 1. The van der Waals surface area contributed by atoms with Crippen LogP contribution in [0, 0.1) is 11.8 Å². The first-order valence-corrected chi connectivity index (χ1v) is 6.57. The molecule has 110 valence electrons. The van der Waals surface area contributed by atoms with Gasteiger partial charge in [0.15, 0.2) is 0 Å². The summed E-state index contributed by atoms with van der Waals surface area (Å²) in [4.78, 5) is 22.8. The Morgan fingerprint density at radius 1 is 1.37 bits per heavy atom. The fraction of sp³-hybridized carbons (Fsp3) is 0.846. The first-order valence-electron chi connectivity index (χ1n) is 6.57. The lowest BCUT2D eigenvalue weighted by Gasteiger charge is -2.28. The van der Waals surface area contributed by atoms with Gasteiger partial charge in [-0.2, -0.15) is 0 Å². The molecule has 1 heterocycles. The van der Waals surface area contributed by atoms with Crippen LogP contribution in [-0.2, 0) is 14.3 Å². The molecular weight excluding hydrogens is 250 g/mol. The van der Waals surface area contributed by atoms with E-state index in [-0.39, 0.29) is 12.5 Å². The summed E-state index contributed by atoms with van der Waals surface area (Å²) < 4.78 is 10.3. The molecule has 0 aromatic carbocycles. The summed E-state index contributed by atoms with van der Waals surface area (Å²) in [6, 6.07) is 0. The molecular formula is C13H23NO5. The fourth-order valence-electron chi connectivity index (χ4n) is 2.08. The number of hydrogen-bond acceptors (Lipinski definition) is 4. The second kappa shape index (κ2) is 6.75. The minimum Gasteiger partial charge on any atom is -0.481 e. The predicted octanol–water partition coefficient (Wildman–Crippen LogP) is 1.64. The number of rotatable bonds is 4. The largest absolute Gasteiger partial charge is 0.481 e. The van der Waals surface area contributed by atoms with Crippen LogP contribution >= 0.6 is 0 Å². The number of carboxylic acids is 1. The van der Waals surface area contributed by atoms with E-state index in [4.69, 9.17) is 9.47 Å². The highest BCUT2D eigenvalue weighted by molar-refractivity contribution is 5.73. The molecule has 0 aliphatic carbocycles. The molecule has 0 aromatic heterocycles. The Labute approximate surface area is 113 Å². The maximum atomic E-state index is 11.5. The monoisotopic (exact) mass is 273 g/mol. The zero-order valence-electron chi connectivity index (χ0n) is 11.8. The molecule has 0 spiro atoms. The SMILES string of the molecule is CC(C)(C)OC(=O)NCC(C(=O)O)C1CCOCC1. The van der Waals surface area contributed by atoms with Crippen molar-refractivity contribution < 1.29 is 24.2 Å². The van der Waals surface area contributed by atoms with Crippen LogP contribution in [0.4, 0.5) is 4.79 Å². The van der Waals surface area contributed by atoms with Crippen molar-refractivity contribution in [3.63, 3.8) is 0 Å². The molecule has 0 aromatic rings. The van der Waals surface area contributed by atoms with Crippen molar-refractivity contribution in [1.82, 2.24) is 5.32 Å². The number of ether oxygens (including phenoxy) is 2. The molecule has 1 atom stereocenters. The van der Waals surface area contributed by atoms with Crippen molar-refractivity contribution >= 4 is 12.1 Å². The molecule has 0 radical (unpaired) electrons. The quantitative estimate of drug-likeness (QED) is 0.813. The number of hydrogen-bond donors (Lipinski definition) is 2. The number of carboxylic acid groups (broad SMARTS) is 1. The molecule has 1 aliphatic heterocycles. The normalized spacial score (nSPS) is 18.7. The minimum atomic E-state index is -0.886. The Balaban J connectivity index is 2.45. The molecule has 6 heteroatoms. The molecule has 19 heavy (non-hydrogen) atoms. The third-order valence-electron chi connectivity index (χ3n) is 3.02. The Morgan fingerprint density at radius 2 is 1.95 bits per heavy atom. The fourth-order valence-corrected chi connectivity index (χ4v) is 2.08. The number of nitrogens with one attached hydrogen (secondary N) is 1. The van der Waals surface area contributed by atoms with Crippen molar-refractivity contribution in [2.24, 2.45) is 11.8 Å².